The second-order valence-electron chi connectivity index (χ2n) is 8.84. The number of aromatic nitrogens is 3. The molecular formula is C20H27F3N4O5Si. The predicted molar refractivity (Wildman–Crippen MR) is 118 cm³/mol. The summed E-state index contributed by atoms with van der Waals surface area (Å²) >= 11 is 0. The first kappa shape index (κ1) is 26.3. The van der Waals surface area contributed by atoms with Gasteiger partial charge in [0.15, 0.2) is 0 Å². The highest BCUT2D eigenvalue weighted by Crippen LogP contribution is 2.32. The van der Waals surface area contributed by atoms with E-state index in [2.05, 4.69) is 30.1 Å². The molecule has 2 aromatic heterocycles. The highest BCUT2D eigenvalue weighted by molar-refractivity contribution is 6.76. The Bertz CT molecular complexity index is 1110. The molecule has 0 saturated carbocycles. The van der Waals surface area contributed by atoms with Gasteiger partial charge in [0.1, 0.15) is 12.3 Å². The van der Waals surface area contributed by atoms with E-state index >= 15 is 0 Å². The number of ether oxygens (including phenoxy) is 1. The average Bonchev–Trinajstić information content (AvgIpc) is 2.66. The molecule has 1 unspecified atom stereocenters. The van der Waals surface area contributed by atoms with Crippen molar-refractivity contribution in [2.75, 3.05) is 11.9 Å². The molecule has 0 saturated heterocycles. The number of carboxylic acids is 1. The van der Waals surface area contributed by atoms with Gasteiger partial charge in [0.2, 0.25) is 0 Å². The largest absolute Gasteiger partial charge is 0.478 e. The summed E-state index contributed by atoms with van der Waals surface area (Å²) in [4.78, 5) is 35.5. The third-order valence-corrected chi connectivity index (χ3v) is 6.36. The SMILES string of the molecule is CC(Cn1ccc(C(=O)O)cc1=O)Nc1cnn(COCC[Si](C)(C)C)c(=O)c1C(F)(F)F. The monoisotopic (exact) mass is 488 g/mol. The number of rotatable bonds is 10. The highest BCUT2D eigenvalue weighted by Gasteiger charge is 2.38. The normalized spacial score (nSPS) is 13.1. The fourth-order valence-electron chi connectivity index (χ4n) is 2.89. The van der Waals surface area contributed by atoms with E-state index < -0.39 is 55.4 Å². The summed E-state index contributed by atoms with van der Waals surface area (Å²) in [5, 5.41) is 15.3. The molecule has 1 atom stereocenters. The molecule has 0 aromatic carbocycles. The summed E-state index contributed by atoms with van der Waals surface area (Å²) in [5.41, 5.74) is -4.09. The van der Waals surface area contributed by atoms with Gasteiger partial charge in [0.25, 0.3) is 11.1 Å². The van der Waals surface area contributed by atoms with Crippen LogP contribution in [0.1, 0.15) is 22.8 Å². The average molecular weight is 489 g/mol. The summed E-state index contributed by atoms with van der Waals surface area (Å²) in [6.45, 7) is 7.74. The predicted octanol–water partition coefficient (Wildman–Crippen LogP) is 2.93. The van der Waals surface area contributed by atoms with Crippen LogP contribution in [0, 0.1) is 0 Å². The number of nitrogens with one attached hydrogen (secondary N) is 1. The van der Waals surface area contributed by atoms with Crippen LogP contribution in [0.25, 0.3) is 0 Å². The molecule has 0 aliphatic rings. The minimum absolute atomic E-state index is 0.0705. The molecule has 0 aliphatic heterocycles. The van der Waals surface area contributed by atoms with Crippen molar-refractivity contribution in [1.29, 1.82) is 0 Å². The van der Waals surface area contributed by atoms with Crippen molar-refractivity contribution in [3.8, 4) is 0 Å². The lowest BCUT2D eigenvalue weighted by Crippen LogP contribution is -2.35. The number of hydrogen-bond acceptors (Lipinski definition) is 6. The highest BCUT2D eigenvalue weighted by atomic mass is 28.3. The number of anilines is 1. The summed E-state index contributed by atoms with van der Waals surface area (Å²) in [6, 6.07) is 2.20. The zero-order valence-corrected chi connectivity index (χ0v) is 19.8. The van der Waals surface area contributed by atoms with Gasteiger partial charge in [-0.05, 0) is 19.0 Å². The van der Waals surface area contributed by atoms with Crippen molar-refractivity contribution in [1.82, 2.24) is 14.3 Å². The molecule has 13 heteroatoms. The van der Waals surface area contributed by atoms with Gasteiger partial charge < -0.3 is 19.7 Å². The van der Waals surface area contributed by atoms with E-state index in [1.54, 1.807) is 0 Å². The number of pyridine rings is 1. The summed E-state index contributed by atoms with van der Waals surface area (Å²) in [6.07, 6.45) is -2.80. The molecule has 0 amide bonds. The van der Waals surface area contributed by atoms with Crippen LogP contribution in [0.15, 0.2) is 34.1 Å². The quantitative estimate of drug-likeness (QED) is 0.390. The Labute approximate surface area is 188 Å². The van der Waals surface area contributed by atoms with Crippen LogP contribution >= 0.6 is 0 Å². The molecule has 2 N–H and O–H groups in total. The fraction of sp³-hybridized carbons (Fsp3) is 0.500. The number of alkyl halides is 3. The molecule has 0 bridgehead atoms. The van der Waals surface area contributed by atoms with Crippen molar-refractivity contribution in [3.63, 3.8) is 0 Å². The Kier molecular flexibility index (Phi) is 8.24. The minimum Gasteiger partial charge on any atom is -0.478 e. The smallest absolute Gasteiger partial charge is 0.423 e. The second-order valence-corrected chi connectivity index (χ2v) is 14.5. The number of aromatic carboxylic acids is 1. The van der Waals surface area contributed by atoms with Crippen molar-refractivity contribution >= 4 is 19.7 Å². The van der Waals surface area contributed by atoms with Gasteiger partial charge in [-0.2, -0.15) is 18.3 Å². The summed E-state index contributed by atoms with van der Waals surface area (Å²) in [7, 11) is -1.40. The Morgan fingerprint density at radius 3 is 2.52 bits per heavy atom. The van der Waals surface area contributed by atoms with Gasteiger partial charge in [-0.15, -0.1) is 0 Å². The van der Waals surface area contributed by atoms with Crippen molar-refractivity contribution in [2.24, 2.45) is 0 Å². The van der Waals surface area contributed by atoms with Gasteiger partial charge in [-0.25, -0.2) is 9.48 Å². The first-order chi connectivity index (χ1) is 15.2. The molecule has 0 radical (unpaired) electrons. The topological polar surface area (TPSA) is 115 Å². The van der Waals surface area contributed by atoms with Crippen LogP contribution < -0.4 is 16.4 Å². The van der Waals surface area contributed by atoms with Crippen LogP contribution in [0.5, 0.6) is 0 Å². The molecule has 0 fully saturated rings. The second kappa shape index (κ2) is 10.3. The van der Waals surface area contributed by atoms with E-state index in [1.165, 1.54) is 19.2 Å². The zero-order chi connectivity index (χ0) is 25.0. The van der Waals surface area contributed by atoms with Crippen molar-refractivity contribution in [2.45, 2.75) is 58.1 Å². The third-order valence-electron chi connectivity index (χ3n) is 4.65. The Morgan fingerprint density at radius 2 is 1.97 bits per heavy atom. The van der Waals surface area contributed by atoms with E-state index in [0.29, 0.717) is 11.3 Å². The molecule has 9 nitrogen and oxygen atoms in total. The maximum atomic E-state index is 13.7. The minimum atomic E-state index is -4.94. The molecular weight excluding hydrogens is 461 g/mol. The molecule has 182 valence electrons. The summed E-state index contributed by atoms with van der Waals surface area (Å²) in [5.74, 6) is -1.27. The van der Waals surface area contributed by atoms with E-state index in [4.69, 9.17) is 9.84 Å². The maximum Gasteiger partial charge on any atom is 0.423 e. The Morgan fingerprint density at radius 1 is 1.30 bits per heavy atom. The first-order valence-electron chi connectivity index (χ1n) is 10.1. The third kappa shape index (κ3) is 7.56. The van der Waals surface area contributed by atoms with Crippen LogP contribution in [-0.4, -0.2) is 46.1 Å². The first-order valence-corrected chi connectivity index (χ1v) is 13.8. The summed E-state index contributed by atoms with van der Waals surface area (Å²) < 4.78 is 48.1. The van der Waals surface area contributed by atoms with Gasteiger partial charge in [-0.1, -0.05) is 19.6 Å². The number of nitrogens with zero attached hydrogens (tertiary/aromatic N) is 3. The van der Waals surface area contributed by atoms with Gasteiger partial charge in [0.05, 0.1) is 17.4 Å². The standard InChI is InChI=1S/C20H27F3N4O5Si/c1-13(11-26-6-5-14(19(30)31)9-16(26)28)25-15-10-24-27(12-32-7-8-33(2,3)4)18(29)17(15)20(21,22)23/h5-6,9-10,13,25H,7-8,11-12H2,1-4H3,(H,30,31). The van der Waals surface area contributed by atoms with Gasteiger partial charge in [-0.3, -0.25) is 9.59 Å². The van der Waals surface area contributed by atoms with Crippen molar-refractivity contribution < 1.29 is 27.8 Å². The van der Waals surface area contributed by atoms with E-state index in [9.17, 15) is 27.6 Å². The van der Waals surface area contributed by atoms with Crippen LogP contribution in [0.2, 0.25) is 25.7 Å². The molecule has 2 heterocycles. The Hall–Kier alpha value is -2.93. The number of halogens is 3. The maximum absolute atomic E-state index is 13.7. The van der Waals surface area contributed by atoms with E-state index in [-0.39, 0.29) is 12.1 Å². The molecule has 2 aromatic rings. The lowest BCUT2D eigenvalue weighted by Gasteiger charge is -2.20. The molecule has 33 heavy (non-hydrogen) atoms. The zero-order valence-electron chi connectivity index (χ0n) is 18.8. The van der Waals surface area contributed by atoms with Crippen LogP contribution in [0.4, 0.5) is 18.9 Å². The van der Waals surface area contributed by atoms with Gasteiger partial charge >= 0.3 is 12.1 Å². The number of carboxylic acid groups (broad SMARTS) is 1. The molecule has 2 rings (SSSR count). The Balaban J connectivity index is 2.20. The molecule has 0 aliphatic carbocycles. The van der Waals surface area contributed by atoms with Gasteiger partial charge in [0, 0.05) is 39.5 Å². The molecule has 0 spiro atoms. The lowest BCUT2D eigenvalue weighted by molar-refractivity contribution is -0.138. The van der Waals surface area contributed by atoms with Crippen LogP contribution in [0.3, 0.4) is 0 Å². The van der Waals surface area contributed by atoms with E-state index in [0.717, 1.165) is 22.9 Å². The number of hydrogen-bond donors (Lipinski definition) is 2. The van der Waals surface area contributed by atoms with Crippen LogP contribution in [-0.2, 0) is 24.2 Å². The van der Waals surface area contributed by atoms with E-state index in [1.807, 2.05) is 0 Å². The lowest BCUT2D eigenvalue weighted by atomic mass is 10.2. The van der Waals surface area contributed by atoms with Crippen molar-refractivity contribution in [3.05, 3.63) is 56.4 Å². The number of carbonyl (C=O) groups is 1. The fourth-order valence-corrected chi connectivity index (χ4v) is 3.65.